The molecule has 0 bridgehead atoms. The lowest BCUT2D eigenvalue weighted by Crippen LogP contribution is -2.16. The molecule has 0 radical (unpaired) electrons. The fourth-order valence-electron chi connectivity index (χ4n) is 2.46. The second-order valence-corrected chi connectivity index (χ2v) is 5.81. The summed E-state index contributed by atoms with van der Waals surface area (Å²) in [4.78, 5) is 0. The Bertz CT molecular complexity index is 629. The summed E-state index contributed by atoms with van der Waals surface area (Å²) in [6.07, 6.45) is 2.42. The molecule has 0 heterocycles. The maximum Gasteiger partial charge on any atom is 0.167 e. The molecule has 0 amide bonds. The van der Waals surface area contributed by atoms with Crippen molar-refractivity contribution in [3.05, 3.63) is 58.9 Å². The van der Waals surface area contributed by atoms with Crippen molar-refractivity contribution < 1.29 is 9.13 Å². The van der Waals surface area contributed by atoms with E-state index in [9.17, 15) is 4.39 Å². The lowest BCUT2D eigenvalue weighted by molar-refractivity contribution is 0.433. The van der Waals surface area contributed by atoms with E-state index in [1.54, 1.807) is 6.07 Å². The van der Waals surface area contributed by atoms with E-state index in [0.29, 0.717) is 24.1 Å². The van der Waals surface area contributed by atoms with Gasteiger partial charge in [-0.05, 0) is 56.0 Å². The van der Waals surface area contributed by atoms with E-state index in [1.165, 1.54) is 18.9 Å². The first-order valence-electron chi connectivity index (χ1n) is 7.39. The molecular weight excluding hydrogens is 265 g/mol. The molecule has 1 fully saturated rings. The van der Waals surface area contributed by atoms with E-state index in [-0.39, 0.29) is 5.82 Å². The third-order valence-corrected chi connectivity index (χ3v) is 3.62. The Hall–Kier alpha value is -1.87. The normalized spacial score (nSPS) is 14.2. The summed E-state index contributed by atoms with van der Waals surface area (Å²) in [7, 11) is 0. The van der Waals surface area contributed by atoms with E-state index in [2.05, 4.69) is 11.4 Å². The summed E-state index contributed by atoms with van der Waals surface area (Å²) in [5.74, 6) is 0.699. The predicted molar refractivity (Wildman–Crippen MR) is 82.3 cm³/mol. The Morgan fingerprint density at radius 3 is 2.52 bits per heavy atom. The molecule has 3 heteroatoms. The molecule has 2 aromatic rings. The number of hydrogen-bond donors (Lipinski definition) is 1. The zero-order chi connectivity index (χ0) is 14.8. The van der Waals surface area contributed by atoms with Gasteiger partial charge in [0.15, 0.2) is 11.6 Å². The molecule has 0 saturated heterocycles. The summed E-state index contributed by atoms with van der Waals surface area (Å²) in [5, 5.41) is 3.40. The van der Waals surface area contributed by atoms with E-state index in [4.69, 9.17) is 4.74 Å². The van der Waals surface area contributed by atoms with Crippen molar-refractivity contribution in [2.24, 2.45) is 0 Å². The van der Waals surface area contributed by atoms with Crippen LogP contribution >= 0.6 is 0 Å². The molecule has 0 atom stereocenters. The van der Waals surface area contributed by atoms with Gasteiger partial charge in [0.25, 0.3) is 0 Å². The first kappa shape index (κ1) is 14.1. The van der Waals surface area contributed by atoms with Crippen LogP contribution in [0.25, 0.3) is 0 Å². The van der Waals surface area contributed by atoms with Crippen LogP contribution in [0.2, 0.25) is 0 Å². The molecule has 0 spiro atoms. The van der Waals surface area contributed by atoms with Crippen molar-refractivity contribution in [2.75, 3.05) is 0 Å². The Labute approximate surface area is 125 Å². The first-order valence-corrected chi connectivity index (χ1v) is 7.39. The third kappa shape index (κ3) is 3.61. The fraction of sp³-hybridized carbons (Fsp3) is 0.333. The largest absolute Gasteiger partial charge is 0.454 e. The van der Waals surface area contributed by atoms with Gasteiger partial charge in [-0.15, -0.1) is 0 Å². The van der Waals surface area contributed by atoms with Crippen LogP contribution in [0.15, 0.2) is 36.4 Å². The SMILES string of the molecule is Cc1cc(C)cc(Oc2c(F)cccc2CNC2CC2)c1. The van der Waals surface area contributed by atoms with Gasteiger partial charge in [-0.25, -0.2) is 4.39 Å². The predicted octanol–water partition coefficient (Wildman–Crippen LogP) is 4.49. The molecule has 1 aliphatic rings. The number of ether oxygens (including phenoxy) is 1. The van der Waals surface area contributed by atoms with Crippen LogP contribution in [-0.2, 0) is 6.54 Å². The number of rotatable bonds is 5. The van der Waals surface area contributed by atoms with Gasteiger partial charge in [-0.3, -0.25) is 0 Å². The number of nitrogens with one attached hydrogen (secondary N) is 1. The highest BCUT2D eigenvalue weighted by atomic mass is 19.1. The Kier molecular flexibility index (Phi) is 3.93. The molecule has 1 N–H and O–H groups in total. The number of hydrogen-bond acceptors (Lipinski definition) is 2. The molecule has 2 aromatic carbocycles. The van der Waals surface area contributed by atoms with Crippen molar-refractivity contribution in [1.29, 1.82) is 0 Å². The Morgan fingerprint density at radius 2 is 1.86 bits per heavy atom. The zero-order valence-corrected chi connectivity index (χ0v) is 12.4. The molecule has 110 valence electrons. The lowest BCUT2D eigenvalue weighted by Gasteiger charge is -2.13. The summed E-state index contributed by atoms with van der Waals surface area (Å²) in [6.45, 7) is 4.66. The minimum absolute atomic E-state index is 0.316. The summed E-state index contributed by atoms with van der Waals surface area (Å²) in [5.41, 5.74) is 3.08. The van der Waals surface area contributed by atoms with Gasteiger partial charge in [-0.2, -0.15) is 0 Å². The van der Waals surface area contributed by atoms with Crippen LogP contribution in [0, 0.1) is 19.7 Å². The second kappa shape index (κ2) is 5.86. The highest BCUT2D eigenvalue weighted by Gasteiger charge is 2.21. The molecular formula is C18H20FNO. The van der Waals surface area contributed by atoms with Crippen molar-refractivity contribution in [2.45, 2.75) is 39.3 Å². The van der Waals surface area contributed by atoms with Gasteiger partial charge in [0, 0.05) is 18.2 Å². The fourth-order valence-corrected chi connectivity index (χ4v) is 2.46. The zero-order valence-electron chi connectivity index (χ0n) is 12.4. The smallest absolute Gasteiger partial charge is 0.167 e. The number of halogens is 1. The first-order chi connectivity index (χ1) is 10.1. The van der Waals surface area contributed by atoms with Crippen LogP contribution in [0.4, 0.5) is 4.39 Å². The molecule has 1 saturated carbocycles. The molecule has 2 nitrogen and oxygen atoms in total. The van der Waals surface area contributed by atoms with Gasteiger partial charge >= 0.3 is 0 Å². The highest BCUT2D eigenvalue weighted by Crippen LogP contribution is 2.30. The molecule has 0 unspecified atom stereocenters. The van der Waals surface area contributed by atoms with Crippen LogP contribution < -0.4 is 10.1 Å². The van der Waals surface area contributed by atoms with Gasteiger partial charge < -0.3 is 10.1 Å². The monoisotopic (exact) mass is 285 g/mol. The van der Waals surface area contributed by atoms with Crippen molar-refractivity contribution >= 4 is 0 Å². The van der Waals surface area contributed by atoms with E-state index >= 15 is 0 Å². The number of benzene rings is 2. The van der Waals surface area contributed by atoms with E-state index in [1.807, 2.05) is 32.0 Å². The number of aryl methyl sites for hydroxylation is 2. The van der Waals surface area contributed by atoms with E-state index < -0.39 is 0 Å². The van der Waals surface area contributed by atoms with Crippen molar-refractivity contribution in [3.63, 3.8) is 0 Å². The number of para-hydroxylation sites is 1. The van der Waals surface area contributed by atoms with Gasteiger partial charge in [0.1, 0.15) is 5.75 Å². The van der Waals surface area contributed by atoms with Gasteiger partial charge in [0.2, 0.25) is 0 Å². The standard InChI is InChI=1S/C18H20FNO/c1-12-8-13(2)10-16(9-12)21-18-14(4-3-5-17(18)19)11-20-15-6-7-15/h3-5,8-10,15,20H,6-7,11H2,1-2H3. The Morgan fingerprint density at radius 1 is 1.14 bits per heavy atom. The average molecular weight is 285 g/mol. The lowest BCUT2D eigenvalue weighted by atomic mass is 10.1. The maximum absolute atomic E-state index is 14.1. The summed E-state index contributed by atoms with van der Waals surface area (Å²) in [6, 6.07) is 11.6. The minimum atomic E-state index is -0.316. The van der Waals surface area contributed by atoms with Crippen molar-refractivity contribution in [1.82, 2.24) is 5.32 Å². The van der Waals surface area contributed by atoms with Gasteiger partial charge in [0.05, 0.1) is 0 Å². The topological polar surface area (TPSA) is 21.3 Å². The second-order valence-electron chi connectivity index (χ2n) is 5.81. The average Bonchev–Trinajstić information content (AvgIpc) is 3.22. The summed E-state index contributed by atoms with van der Waals surface area (Å²) >= 11 is 0. The quantitative estimate of drug-likeness (QED) is 0.874. The molecule has 21 heavy (non-hydrogen) atoms. The molecule has 1 aliphatic carbocycles. The highest BCUT2D eigenvalue weighted by molar-refractivity contribution is 5.41. The van der Waals surface area contributed by atoms with Gasteiger partial charge in [-0.1, -0.05) is 18.2 Å². The molecule has 3 rings (SSSR count). The van der Waals surface area contributed by atoms with Crippen LogP contribution in [-0.4, -0.2) is 6.04 Å². The van der Waals surface area contributed by atoms with Crippen LogP contribution in [0.5, 0.6) is 11.5 Å². The summed E-state index contributed by atoms with van der Waals surface area (Å²) < 4.78 is 20.0. The van der Waals surface area contributed by atoms with Crippen LogP contribution in [0.1, 0.15) is 29.5 Å². The minimum Gasteiger partial charge on any atom is -0.454 e. The Balaban J connectivity index is 1.85. The van der Waals surface area contributed by atoms with Crippen LogP contribution in [0.3, 0.4) is 0 Å². The van der Waals surface area contributed by atoms with Crippen molar-refractivity contribution in [3.8, 4) is 11.5 Å². The third-order valence-electron chi connectivity index (χ3n) is 3.62. The molecule has 0 aromatic heterocycles. The maximum atomic E-state index is 14.1. The molecule has 0 aliphatic heterocycles. The van der Waals surface area contributed by atoms with E-state index in [0.717, 1.165) is 16.7 Å².